The van der Waals surface area contributed by atoms with Crippen LogP contribution in [0.15, 0.2) is 24.3 Å². The zero-order chi connectivity index (χ0) is 17.1. The van der Waals surface area contributed by atoms with Gasteiger partial charge in [0.25, 0.3) is 0 Å². The number of hydrogen-bond donors (Lipinski definition) is 2. The molecule has 24 heavy (non-hydrogen) atoms. The lowest BCUT2D eigenvalue weighted by atomic mass is 10.1. The zero-order valence-electron chi connectivity index (χ0n) is 13.7. The first-order valence-electron chi connectivity index (χ1n) is 8.21. The summed E-state index contributed by atoms with van der Waals surface area (Å²) in [7, 11) is 0. The van der Waals surface area contributed by atoms with Crippen molar-refractivity contribution in [2.24, 2.45) is 5.73 Å². The van der Waals surface area contributed by atoms with Crippen molar-refractivity contribution in [1.82, 2.24) is 25.2 Å². The SMILES string of the molecule is CCNC(=O)[C@@H]1C[C@H](N)CN1C(=O)CCn1nnc2ccccc21. The van der Waals surface area contributed by atoms with E-state index < -0.39 is 6.04 Å². The molecule has 2 heterocycles. The van der Waals surface area contributed by atoms with E-state index in [2.05, 4.69) is 15.6 Å². The minimum absolute atomic E-state index is 0.0845. The summed E-state index contributed by atoms with van der Waals surface area (Å²) in [4.78, 5) is 26.3. The highest BCUT2D eigenvalue weighted by atomic mass is 16.2. The standard InChI is InChI=1S/C16H22N6O2/c1-2-18-16(24)14-9-11(17)10-21(14)15(23)7-8-22-13-6-4-3-5-12(13)19-20-22/h3-6,11,14H,2,7-10,17H2,1H3,(H,18,24)/t11-,14-/m0/s1. The molecule has 1 aromatic carbocycles. The number of likely N-dealkylation sites (N-methyl/N-ethyl adjacent to an activating group) is 1. The van der Waals surface area contributed by atoms with E-state index >= 15 is 0 Å². The molecule has 1 saturated heterocycles. The van der Waals surface area contributed by atoms with Crippen molar-refractivity contribution in [3.8, 4) is 0 Å². The number of aryl methyl sites for hydroxylation is 1. The van der Waals surface area contributed by atoms with Crippen LogP contribution in [-0.4, -0.2) is 56.9 Å². The molecule has 0 bridgehead atoms. The number of benzene rings is 1. The van der Waals surface area contributed by atoms with Crippen molar-refractivity contribution in [3.63, 3.8) is 0 Å². The van der Waals surface area contributed by atoms with Gasteiger partial charge in [-0.2, -0.15) is 0 Å². The van der Waals surface area contributed by atoms with E-state index in [4.69, 9.17) is 5.73 Å². The molecule has 8 heteroatoms. The maximum Gasteiger partial charge on any atom is 0.242 e. The first-order chi connectivity index (χ1) is 11.6. The van der Waals surface area contributed by atoms with Crippen LogP contribution < -0.4 is 11.1 Å². The highest BCUT2D eigenvalue weighted by Gasteiger charge is 2.37. The van der Waals surface area contributed by atoms with E-state index in [0.717, 1.165) is 11.0 Å². The minimum Gasteiger partial charge on any atom is -0.355 e. The molecule has 0 radical (unpaired) electrons. The van der Waals surface area contributed by atoms with E-state index in [-0.39, 0.29) is 24.3 Å². The van der Waals surface area contributed by atoms with Crippen LogP contribution in [0.4, 0.5) is 0 Å². The number of fused-ring (bicyclic) bond motifs is 1. The fourth-order valence-corrected chi connectivity index (χ4v) is 3.11. The summed E-state index contributed by atoms with van der Waals surface area (Å²) >= 11 is 0. The molecular formula is C16H22N6O2. The van der Waals surface area contributed by atoms with Crippen LogP contribution in [0, 0.1) is 0 Å². The molecule has 2 aromatic rings. The van der Waals surface area contributed by atoms with Gasteiger partial charge in [0.15, 0.2) is 0 Å². The monoisotopic (exact) mass is 330 g/mol. The van der Waals surface area contributed by atoms with Gasteiger partial charge in [0.2, 0.25) is 11.8 Å². The van der Waals surface area contributed by atoms with Gasteiger partial charge >= 0.3 is 0 Å². The number of amides is 2. The lowest BCUT2D eigenvalue weighted by Gasteiger charge is -2.23. The number of aromatic nitrogens is 3. The quantitative estimate of drug-likeness (QED) is 0.795. The number of rotatable bonds is 5. The minimum atomic E-state index is -0.472. The molecule has 0 spiro atoms. The second-order valence-corrected chi connectivity index (χ2v) is 6.00. The topological polar surface area (TPSA) is 106 Å². The van der Waals surface area contributed by atoms with Gasteiger partial charge in [-0.05, 0) is 25.5 Å². The number of nitrogens with zero attached hydrogens (tertiary/aromatic N) is 4. The summed E-state index contributed by atoms with van der Waals surface area (Å²) in [5.41, 5.74) is 7.64. The number of likely N-dealkylation sites (tertiary alicyclic amines) is 1. The Morgan fingerprint density at radius 2 is 2.17 bits per heavy atom. The van der Waals surface area contributed by atoms with Crippen LogP contribution >= 0.6 is 0 Å². The number of carbonyl (C=O) groups excluding carboxylic acids is 2. The van der Waals surface area contributed by atoms with Gasteiger partial charge in [0.05, 0.1) is 12.1 Å². The molecule has 1 aromatic heterocycles. The van der Waals surface area contributed by atoms with Crippen LogP contribution in [0.1, 0.15) is 19.8 Å². The molecule has 8 nitrogen and oxygen atoms in total. The maximum atomic E-state index is 12.6. The Kier molecular flexibility index (Phi) is 4.75. The third-order valence-corrected chi connectivity index (χ3v) is 4.27. The van der Waals surface area contributed by atoms with Crippen LogP contribution in [0.25, 0.3) is 11.0 Å². The summed E-state index contributed by atoms with van der Waals surface area (Å²) in [5, 5.41) is 10.9. The molecule has 0 aliphatic carbocycles. The smallest absolute Gasteiger partial charge is 0.242 e. The Morgan fingerprint density at radius 3 is 2.96 bits per heavy atom. The largest absolute Gasteiger partial charge is 0.355 e. The Hall–Kier alpha value is -2.48. The normalized spacial score (nSPS) is 20.5. The second kappa shape index (κ2) is 6.96. The highest BCUT2D eigenvalue weighted by molar-refractivity contribution is 5.88. The molecule has 2 amide bonds. The van der Waals surface area contributed by atoms with E-state index in [1.165, 1.54) is 0 Å². The average Bonchev–Trinajstić information content (AvgIpc) is 3.16. The summed E-state index contributed by atoms with van der Waals surface area (Å²) in [5.74, 6) is -0.219. The molecule has 2 atom stereocenters. The van der Waals surface area contributed by atoms with Crippen molar-refractivity contribution in [2.45, 2.75) is 38.4 Å². The Bertz CT molecular complexity index is 743. The van der Waals surface area contributed by atoms with Gasteiger partial charge in [-0.15, -0.1) is 5.10 Å². The average molecular weight is 330 g/mol. The predicted molar refractivity (Wildman–Crippen MR) is 88.9 cm³/mol. The second-order valence-electron chi connectivity index (χ2n) is 6.00. The van der Waals surface area contributed by atoms with E-state index in [9.17, 15) is 9.59 Å². The summed E-state index contributed by atoms with van der Waals surface area (Å²) in [6, 6.07) is 6.98. The number of carbonyl (C=O) groups is 2. The highest BCUT2D eigenvalue weighted by Crippen LogP contribution is 2.19. The Morgan fingerprint density at radius 1 is 1.38 bits per heavy atom. The van der Waals surface area contributed by atoms with Gasteiger partial charge in [-0.1, -0.05) is 17.3 Å². The molecule has 1 fully saturated rings. The number of para-hydroxylation sites is 1. The lowest BCUT2D eigenvalue weighted by molar-refractivity contribution is -0.138. The molecular weight excluding hydrogens is 308 g/mol. The molecule has 128 valence electrons. The molecule has 3 rings (SSSR count). The van der Waals surface area contributed by atoms with Crippen molar-refractivity contribution in [1.29, 1.82) is 0 Å². The summed E-state index contributed by atoms with van der Waals surface area (Å²) in [6.07, 6.45) is 0.764. The van der Waals surface area contributed by atoms with Crippen LogP contribution in [0.2, 0.25) is 0 Å². The Labute approximate surface area is 140 Å². The van der Waals surface area contributed by atoms with Crippen molar-refractivity contribution >= 4 is 22.8 Å². The first-order valence-corrected chi connectivity index (χ1v) is 8.21. The van der Waals surface area contributed by atoms with Crippen molar-refractivity contribution in [3.05, 3.63) is 24.3 Å². The van der Waals surface area contributed by atoms with Gasteiger partial charge in [-0.3, -0.25) is 9.59 Å². The maximum absolute atomic E-state index is 12.6. The summed E-state index contributed by atoms with van der Waals surface area (Å²) < 4.78 is 1.71. The number of hydrogen-bond acceptors (Lipinski definition) is 5. The van der Waals surface area contributed by atoms with Crippen LogP contribution in [-0.2, 0) is 16.1 Å². The van der Waals surface area contributed by atoms with Crippen molar-refractivity contribution in [2.75, 3.05) is 13.1 Å². The number of nitrogens with one attached hydrogen (secondary N) is 1. The predicted octanol–water partition coefficient (Wildman–Crippen LogP) is -0.114. The molecule has 0 unspecified atom stereocenters. The molecule has 1 aliphatic heterocycles. The Balaban J connectivity index is 1.66. The van der Waals surface area contributed by atoms with Crippen molar-refractivity contribution < 1.29 is 9.59 Å². The van der Waals surface area contributed by atoms with E-state index in [1.807, 2.05) is 31.2 Å². The number of nitrogens with two attached hydrogens (primary N) is 1. The third kappa shape index (κ3) is 3.23. The molecule has 1 aliphatic rings. The fourth-order valence-electron chi connectivity index (χ4n) is 3.11. The first kappa shape index (κ1) is 16.4. The van der Waals surface area contributed by atoms with Gasteiger partial charge in [0, 0.05) is 25.6 Å². The molecule has 0 saturated carbocycles. The van der Waals surface area contributed by atoms with Gasteiger partial charge in [0.1, 0.15) is 11.6 Å². The van der Waals surface area contributed by atoms with E-state index in [0.29, 0.717) is 26.1 Å². The zero-order valence-corrected chi connectivity index (χ0v) is 13.7. The lowest BCUT2D eigenvalue weighted by Crippen LogP contribution is -2.46. The van der Waals surface area contributed by atoms with Gasteiger partial charge < -0.3 is 16.0 Å². The van der Waals surface area contributed by atoms with E-state index in [1.54, 1.807) is 9.58 Å². The fraction of sp³-hybridized carbons (Fsp3) is 0.500. The molecule has 3 N–H and O–H groups in total. The third-order valence-electron chi connectivity index (χ3n) is 4.27. The van der Waals surface area contributed by atoms with Crippen LogP contribution in [0.3, 0.4) is 0 Å². The van der Waals surface area contributed by atoms with Gasteiger partial charge in [-0.25, -0.2) is 4.68 Å². The van der Waals surface area contributed by atoms with Crippen LogP contribution in [0.5, 0.6) is 0 Å². The summed E-state index contributed by atoms with van der Waals surface area (Å²) in [6.45, 7) is 3.23.